The number of hydrogen-bond acceptors (Lipinski definition) is 15. The highest BCUT2D eigenvalue weighted by Gasteiger charge is 2.41. The van der Waals surface area contributed by atoms with Crippen molar-refractivity contribution in [3.63, 3.8) is 0 Å². The van der Waals surface area contributed by atoms with Crippen LogP contribution < -0.4 is 26.4 Å². The summed E-state index contributed by atoms with van der Waals surface area (Å²) < 4.78 is 23.1. The summed E-state index contributed by atoms with van der Waals surface area (Å²) in [5, 5.41) is 18.2. The molecule has 2 unspecified atom stereocenters. The summed E-state index contributed by atoms with van der Waals surface area (Å²) in [6.07, 6.45) is 3.94. The number of likely N-dealkylation sites (tertiary alicyclic amines) is 1. The molecule has 0 aliphatic carbocycles. The van der Waals surface area contributed by atoms with Crippen LogP contribution in [0.3, 0.4) is 0 Å². The summed E-state index contributed by atoms with van der Waals surface area (Å²) in [5.74, 6) is 0.752. The number of amides is 3. The molecule has 3 aromatic carbocycles. The molecule has 1 saturated heterocycles. The fraction of sp³-hybridized carbons (Fsp3) is 0.386. The van der Waals surface area contributed by atoms with Gasteiger partial charge in [0.15, 0.2) is 0 Å². The lowest BCUT2D eigenvalue weighted by atomic mass is 10.0. The first-order valence-corrected chi connectivity index (χ1v) is 20.4. The Bertz CT molecular complexity index is 2120. The zero-order valence-corrected chi connectivity index (χ0v) is 34.3. The Morgan fingerprint density at radius 2 is 1.64 bits per heavy atom. The number of nitrogens with zero attached hydrogens (tertiary/aromatic N) is 4. The van der Waals surface area contributed by atoms with Gasteiger partial charge in [-0.25, -0.2) is 9.97 Å². The number of hydrogen-bond donors (Lipinski definition) is 5. The van der Waals surface area contributed by atoms with Crippen molar-refractivity contribution >= 4 is 47.0 Å². The molecular formula is C44H53N9O8. The van der Waals surface area contributed by atoms with Gasteiger partial charge < -0.3 is 45.4 Å². The number of nitrogen functional groups attached to an aromatic ring is 1. The number of anilines is 3. The molecule has 6 N–H and O–H groups in total. The SMILES string of the molecule is CNC(=O)CCC(C=O)N1C(=O)c2cccc(NCCOCCOCCOCCN3CCCC(Nc4ncnc(N)c4C(=N)c4ccc(Oc5ccccc5)cc4)C3)c2C1=O. The molecule has 2 atom stereocenters. The molecule has 3 heterocycles. The van der Waals surface area contributed by atoms with Crippen molar-refractivity contribution in [2.75, 3.05) is 89.2 Å². The van der Waals surface area contributed by atoms with Crippen LogP contribution in [-0.2, 0) is 23.8 Å². The third-order valence-electron chi connectivity index (χ3n) is 10.3. The first-order valence-electron chi connectivity index (χ1n) is 20.4. The van der Waals surface area contributed by atoms with E-state index in [0.717, 1.165) is 43.1 Å². The highest BCUT2D eigenvalue weighted by molar-refractivity contribution is 6.24. The highest BCUT2D eigenvalue weighted by atomic mass is 16.5. The quantitative estimate of drug-likeness (QED) is 0.0292. The number of carbonyl (C=O) groups is 4. The second-order valence-corrected chi connectivity index (χ2v) is 14.5. The second kappa shape index (κ2) is 22.4. The number of carbonyl (C=O) groups excluding carboxylic acids is 4. The minimum Gasteiger partial charge on any atom is -0.457 e. The molecular weight excluding hydrogens is 783 g/mol. The van der Waals surface area contributed by atoms with Gasteiger partial charge >= 0.3 is 0 Å². The van der Waals surface area contributed by atoms with Gasteiger partial charge in [-0.2, -0.15) is 0 Å². The summed E-state index contributed by atoms with van der Waals surface area (Å²) in [7, 11) is 1.48. The van der Waals surface area contributed by atoms with Crippen molar-refractivity contribution < 1.29 is 38.1 Å². The Hall–Kier alpha value is -6.27. The number of benzene rings is 3. The highest BCUT2D eigenvalue weighted by Crippen LogP contribution is 2.31. The lowest BCUT2D eigenvalue weighted by Gasteiger charge is -2.33. The molecule has 1 aromatic heterocycles. The van der Waals surface area contributed by atoms with Crippen LogP contribution in [0.5, 0.6) is 11.5 Å². The van der Waals surface area contributed by atoms with Crippen LogP contribution in [0, 0.1) is 5.41 Å². The number of nitrogens with two attached hydrogens (primary N) is 1. The van der Waals surface area contributed by atoms with Crippen LogP contribution in [0.1, 0.15) is 57.5 Å². The molecule has 0 radical (unpaired) electrons. The lowest BCUT2D eigenvalue weighted by molar-refractivity contribution is -0.121. The Balaban J connectivity index is 0.845. The zero-order valence-electron chi connectivity index (χ0n) is 34.3. The van der Waals surface area contributed by atoms with Crippen LogP contribution in [0.4, 0.5) is 17.3 Å². The van der Waals surface area contributed by atoms with Crippen molar-refractivity contribution in [1.29, 1.82) is 5.41 Å². The van der Waals surface area contributed by atoms with E-state index in [1.165, 1.54) is 13.4 Å². The number of aromatic nitrogens is 2. The number of para-hydroxylation sites is 1. The molecule has 17 heteroatoms. The summed E-state index contributed by atoms with van der Waals surface area (Å²) in [6, 6.07) is 20.8. The summed E-state index contributed by atoms with van der Waals surface area (Å²) >= 11 is 0. The van der Waals surface area contributed by atoms with Gasteiger partial charge in [-0.05, 0) is 74.3 Å². The van der Waals surface area contributed by atoms with E-state index in [2.05, 4.69) is 30.8 Å². The average Bonchev–Trinajstić information content (AvgIpc) is 3.53. The number of ether oxygens (including phenoxy) is 4. The first-order chi connectivity index (χ1) is 29.8. The number of nitrogens with one attached hydrogen (secondary N) is 4. The van der Waals surface area contributed by atoms with Gasteiger partial charge in [0.05, 0.1) is 68.1 Å². The first kappa shape index (κ1) is 44.3. The molecule has 0 bridgehead atoms. The van der Waals surface area contributed by atoms with Crippen LogP contribution in [0.15, 0.2) is 79.1 Å². The van der Waals surface area contributed by atoms with Crippen LogP contribution >= 0.6 is 0 Å². The van der Waals surface area contributed by atoms with Gasteiger partial charge in [-0.1, -0.05) is 24.3 Å². The monoisotopic (exact) mass is 835 g/mol. The summed E-state index contributed by atoms with van der Waals surface area (Å²) in [4.78, 5) is 61.7. The largest absolute Gasteiger partial charge is 0.457 e. The van der Waals surface area contributed by atoms with Crippen molar-refractivity contribution in [3.05, 3.63) is 101 Å². The van der Waals surface area contributed by atoms with E-state index in [9.17, 15) is 19.2 Å². The zero-order chi connectivity index (χ0) is 43.0. The van der Waals surface area contributed by atoms with E-state index >= 15 is 0 Å². The van der Waals surface area contributed by atoms with E-state index in [0.29, 0.717) is 80.9 Å². The Labute approximate surface area is 354 Å². The Kier molecular flexibility index (Phi) is 16.2. The second-order valence-electron chi connectivity index (χ2n) is 14.5. The van der Waals surface area contributed by atoms with Crippen LogP contribution in [-0.4, -0.2) is 134 Å². The fourth-order valence-corrected chi connectivity index (χ4v) is 7.19. The number of rotatable bonds is 24. The minimum atomic E-state index is -1.04. The summed E-state index contributed by atoms with van der Waals surface area (Å²) in [5.41, 5.74) is 8.54. The third-order valence-corrected chi connectivity index (χ3v) is 10.3. The Morgan fingerprint density at radius 1 is 0.918 bits per heavy atom. The molecule has 0 spiro atoms. The molecule has 0 saturated carbocycles. The standard InChI is InChI=1S/C44H53N9O8/c1-47-37(55)17-14-32(28-54)53-43(56)35-10-5-11-36(38(35)44(53)57)48-18-21-58-23-25-60-26-24-59-22-20-52-19-6-7-31(27-52)51-42-39(41(46)49-29-50-42)40(45)30-12-15-34(16-13-30)61-33-8-3-2-4-9-33/h2-5,8-13,15-16,28-29,31-32,45,48H,6-7,14,17-27H2,1H3,(H,47,55)(H3,46,49,50,51). The van der Waals surface area contributed by atoms with Gasteiger partial charge in [-0.3, -0.25) is 29.6 Å². The molecule has 3 amide bonds. The molecule has 17 nitrogen and oxygen atoms in total. The molecule has 6 rings (SSSR count). The average molecular weight is 836 g/mol. The number of fused-ring (bicyclic) bond motifs is 1. The fourth-order valence-electron chi connectivity index (χ4n) is 7.19. The normalized spacial score (nSPS) is 15.6. The van der Waals surface area contributed by atoms with Gasteiger partial charge in [0.1, 0.15) is 35.7 Å². The summed E-state index contributed by atoms with van der Waals surface area (Å²) in [6.45, 7) is 5.38. The van der Waals surface area contributed by atoms with E-state index < -0.39 is 17.9 Å². The van der Waals surface area contributed by atoms with Gasteiger partial charge in [0.25, 0.3) is 11.8 Å². The maximum atomic E-state index is 13.2. The van der Waals surface area contributed by atoms with E-state index in [1.54, 1.807) is 18.2 Å². The maximum absolute atomic E-state index is 13.2. The molecule has 4 aromatic rings. The van der Waals surface area contributed by atoms with E-state index in [4.69, 9.17) is 30.1 Å². The van der Waals surface area contributed by atoms with Gasteiger partial charge in [0, 0.05) is 50.4 Å². The third kappa shape index (κ3) is 11.9. The molecule has 2 aliphatic heterocycles. The van der Waals surface area contributed by atoms with Gasteiger partial charge in [-0.15, -0.1) is 0 Å². The minimum absolute atomic E-state index is 0.00964. The van der Waals surface area contributed by atoms with Crippen molar-refractivity contribution in [3.8, 4) is 11.5 Å². The smallest absolute Gasteiger partial charge is 0.264 e. The number of piperidine rings is 1. The van der Waals surface area contributed by atoms with Crippen LogP contribution in [0.2, 0.25) is 0 Å². The molecule has 61 heavy (non-hydrogen) atoms. The van der Waals surface area contributed by atoms with E-state index in [1.807, 2.05) is 54.6 Å². The molecule has 2 aliphatic rings. The van der Waals surface area contributed by atoms with Crippen molar-refractivity contribution in [2.24, 2.45) is 0 Å². The number of imide groups is 1. The van der Waals surface area contributed by atoms with Crippen molar-refractivity contribution in [1.82, 2.24) is 25.1 Å². The molecule has 322 valence electrons. The van der Waals surface area contributed by atoms with E-state index in [-0.39, 0.29) is 47.4 Å². The van der Waals surface area contributed by atoms with Gasteiger partial charge in [0.2, 0.25) is 5.91 Å². The number of aldehydes is 1. The maximum Gasteiger partial charge on any atom is 0.264 e. The lowest BCUT2D eigenvalue weighted by Crippen LogP contribution is -2.43. The molecule has 1 fully saturated rings. The topological polar surface area (TPSA) is 223 Å². The van der Waals surface area contributed by atoms with Crippen LogP contribution in [0.25, 0.3) is 0 Å². The predicted molar refractivity (Wildman–Crippen MR) is 229 cm³/mol. The predicted octanol–water partition coefficient (Wildman–Crippen LogP) is 4.00. The Morgan fingerprint density at radius 3 is 2.38 bits per heavy atom. The van der Waals surface area contributed by atoms with Crippen molar-refractivity contribution in [2.45, 2.75) is 37.8 Å².